The second-order valence-corrected chi connectivity index (χ2v) is 3.50. The maximum absolute atomic E-state index is 11.5. The van der Waals surface area contributed by atoms with Crippen LogP contribution >= 0.6 is 0 Å². The minimum atomic E-state index is -3.14. The first kappa shape index (κ1) is 14.1. The monoisotopic (exact) mass is 250 g/mol. The molecule has 0 radical (unpaired) electrons. The average Bonchev–Trinajstić information content (AvgIpc) is 2.37. The standard InChI is InChI=1S/C13H14O5/c1-2-18-12(15)13(16,17)11(14)9-8-10-6-4-3-5-7-10/h3-9,16-17H,2H2,1H3/b9-8+. The quantitative estimate of drug-likeness (QED) is 0.344. The van der Waals surface area contributed by atoms with E-state index in [2.05, 4.69) is 4.74 Å². The summed E-state index contributed by atoms with van der Waals surface area (Å²) in [5.41, 5.74) is 0.700. The van der Waals surface area contributed by atoms with Crippen molar-refractivity contribution >= 4 is 17.8 Å². The van der Waals surface area contributed by atoms with Crippen molar-refractivity contribution in [1.29, 1.82) is 0 Å². The summed E-state index contributed by atoms with van der Waals surface area (Å²) in [5.74, 6) is -5.67. The molecule has 0 saturated carbocycles. The Hall–Kier alpha value is -1.98. The highest BCUT2D eigenvalue weighted by molar-refractivity contribution is 6.11. The molecule has 0 aliphatic carbocycles. The van der Waals surface area contributed by atoms with E-state index < -0.39 is 17.5 Å². The van der Waals surface area contributed by atoms with Gasteiger partial charge in [-0.05, 0) is 18.6 Å². The third kappa shape index (κ3) is 3.51. The Morgan fingerprint density at radius 1 is 1.28 bits per heavy atom. The number of hydrogen-bond acceptors (Lipinski definition) is 5. The highest BCUT2D eigenvalue weighted by atomic mass is 16.6. The summed E-state index contributed by atoms with van der Waals surface area (Å²) in [4.78, 5) is 22.6. The van der Waals surface area contributed by atoms with E-state index in [-0.39, 0.29) is 6.61 Å². The number of ketones is 1. The minimum Gasteiger partial charge on any atom is -0.462 e. The van der Waals surface area contributed by atoms with Crippen LogP contribution in [0, 0.1) is 0 Å². The highest BCUT2D eigenvalue weighted by Crippen LogP contribution is 2.08. The third-order valence-corrected chi connectivity index (χ3v) is 2.13. The number of rotatable bonds is 5. The summed E-state index contributed by atoms with van der Waals surface area (Å²) in [5, 5.41) is 18.7. The van der Waals surface area contributed by atoms with Crippen LogP contribution in [0.2, 0.25) is 0 Å². The fourth-order valence-corrected chi connectivity index (χ4v) is 1.18. The van der Waals surface area contributed by atoms with Gasteiger partial charge in [0.2, 0.25) is 5.78 Å². The molecule has 0 unspecified atom stereocenters. The van der Waals surface area contributed by atoms with Crippen LogP contribution < -0.4 is 0 Å². The number of carbonyl (C=O) groups excluding carboxylic acids is 2. The van der Waals surface area contributed by atoms with Crippen LogP contribution in [0.4, 0.5) is 0 Å². The molecule has 18 heavy (non-hydrogen) atoms. The van der Waals surface area contributed by atoms with Gasteiger partial charge in [-0.25, -0.2) is 4.79 Å². The first-order valence-corrected chi connectivity index (χ1v) is 5.38. The molecular formula is C13H14O5. The Balaban J connectivity index is 2.76. The summed E-state index contributed by atoms with van der Waals surface area (Å²) in [6.07, 6.45) is 2.30. The Bertz CT molecular complexity index is 448. The van der Waals surface area contributed by atoms with E-state index in [4.69, 9.17) is 0 Å². The van der Waals surface area contributed by atoms with Crippen molar-refractivity contribution in [2.75, 3.05) is 6.61 Å². The lowest BCUT2D eigenvalue weighted by atomic mass is 10.1. The molecule has 0 saturated heterocycles. The van der Waals surface area contributed by atoms with Gasteiger partial charge in [-0.15, -0.1) is 0 Å². The zero-order valence-corrected chi connectivity index (χ0v) is 9.87. The predicted molar refractivity (Wildman–Crippen MR) is 64.3 cm³/mol. The number of aliphatic hydroxyl groups is 2. The number of hydrogen-bond donors (Lipinski definition) is 2. The van der Waals surface area contributed by atoms with Crippen molar-refractivity contribution < 1.29 is 24.5 Å². The fraction of sp³-hybridized carbons (Fsp3) is 0.231. The molecule has 96 valence electrons. The maximum Gasteiger partial charge on any atom is 0.375 e. The van der Waals surface area contributed by atoms with Gasteiger partial charge in [0.25, 0.3) is 0 Å². The van der Waals surface area contributed by atoms with Crippen molar-refractivity contribution in [3.05, 3.63) is 42.0 Å². The normalized spacial score (nSPS) is 11.5. The summed E-state index contributed by atoms with van der Waals surface area (Å²) in [6, 6.07) is 8.79. The van der Waals surface area contributed by atoms with Gasteiger partial charge in [-0.2, -0.15) is 0 Å². The molecule has 5 nitrogen and oxygen atoms in total. The maximum atomic E-state index is 11.5. The van der Waals surface area contributed by atoms with Crippen LogP contribution in [0.3, 0.4) is 0 Å². The lowest BCUT2D eigenvalue weighted by Gasteiger charge is -2.15. The Kier molecular flexibility index (Phi) is 4.76. The van der Waals surface area contributed by atoms with E-state index >= 15 is 0 Å². The molecule has 1 aromatic carbocycles. The van der Waals surface area contributed by atoms with Crippen LogP contribution in [0.5, 0.6) is 0 Å². The van der Waals surface area contributed by atoms with Gasteiger partial charge >= 0.3 is 11.8 Å². The van der Waals surface area contributed by atoms with E-state index in [9.17, 15) is 19.8 Å². The van der Waals surface area contributed by atoms with E-state index in [1.165, 1.54) is 13.0 Å². The van der Waals surface area contributed by atoms with E-state index in [0.717, 1.165) is 6.08 Å². The first-order valence-electron chi connectivity index (χ1n) is 5.38. The molecule has 0 amide bonds. The van der Waals surface area contributed by atoms with Gasteiger partial charge in [0.15, 0.2) is 0 Å². The Labute approximate surface area is 104 Å². The second-order valence-electron chi connectivity index (χ2n) is 3.50. The molecule has 0 heterocycles. The fourth-order valence-electron chi connectivity index (χ4n) is 1.18. The number of benzene rings is 1. The van der Waals surface area contributed by atoms with Crippen LogP contribution in [0.1, 0.15) is 12.5 Å². The summed E-state index contributed by atoms with van der Waals surface area (Å²) < 4.78 is 4.39. The smallest absolute Gasteiger partial charge is 0.375 e. The van der Waals surface area contributed by atoms with Crippen LogP contribution in [0.25, 0.3) is 6.08 Å². The number of carbonyl (C=O) groups is 2. The van der Waals surface area contributed by atoms with Gasteiger partial charge in [-0.3, -0.25) is 4.79 Å². The van der Waals surface area contributed by atoms with Gasteiger partial charge < -0.3 is 14.9 Å². The molecule has 0 spiro atoms. The van der Waals surface area contributed by atoms with Crippen LogP contribution in [-0.4, -0.2) is 34.4 Å². The zero-order valence-electron chi connectivity index (χ0n) is 9.87. The minimum absolute atomic E-state index is 0.0443. The molecule has 2 N–H and O–H groups in total. The largest absolute Gasteiger partial charge is 0.462 e. The van der Waals surface area contributed by atoms with Crippen molar-refractivity contribution in [1.82, 2.24) is 0 Å². The van der Waals surface area contributed by atoms with Gasteiger partial charge in [0, 0.05) is 0 Å². The molecule has 0 aliphatic rings. The SMILES string of the molecule is CCOC(=O)C(O)(O)C(=O)/C=C/c1ccccc1. The molecule has 0 bridgehead atoms. The number of ether oxygens (including phenoxy) is 1. The van der Waals surface area contributed by atoms with E-state index in [0.29, 0.717) is 5.56 Å². The van der Waals surface area contributed by atoms with Crippen molar-refractivity contribution in [3.8, 4) is 0 Å². The summed E-state index contributed by atoms with van der Waals surface area (Å²) in [7, 11) is 0. The molecule has 0 atom stereocenters. The third-order valence-electron chi connectivity index (χ3n) is 2.13. The van der Waals surface area contributed by atoms with Gasteiger partial charge in [0.1, 0.15) is 0 Å². The number of esters is 1. The van der Waals surface area contributed by atoms with E-state index in [1.54, 1.807) is 30.3 Å². The molecule has 0 fully saturated rings. The molecule has 5 heteroatoms. The molecule has 0 aliphatic heterocycles. The molecule has 0 aromatic heterocycles. The van der Waals surface area contributed by atoms with E-state index in [1.807, 2.05) is 0 Å². The van der Waals surface area contributed by atoms with Gasteiger partial charge in [-0.1, -0.05) is 36.4 Å². The topological polar surface area (TPSA) is 83.8 Å². The van der Waals surface area contributed by atoms with Crippen molar-refractivity contribution in [3.63, 3.8) is 0 Å². The Morgan fingerprint density at radius 3 is 2.44 bits per heavy atom. The molecular weight excluding hydrogens is 236 g/mol. The highest BCUT2D eigenvalue weighted by Gasteiger charge is 2.41. The second kappa shape index (κ2) is 6.09. The van der Waals surface area contributed by atoms with Crippen LogP contribution in [0.15, 0.2) is 36.4 Å². The zero-order chi connectivity index (χ0) is 13.6. The lowest BCUT2D eigenvalue weighted by Crippen LogP contribution is -2.46. The van der Waals surface area contributed by atoms with Crippen molar-refractivity contribution in [2.45, 2.75) is 12.7 Å². The van der Waals surface area contributed by atoms with Crippen LogP contribution in [-0.2, 0) is 14.3 Å². The summed E-state index contributed by atoms with van der Waals surface area (Å²) >= 11 is 0. The average molecular weight is 250 g/mol. The van der Waals surface area contributed by atoms with Crippen molar-refractivity contribution in [2.24, 2.45) is 0 Å². The first-order chi connectivity index (χ1) is 8.48. The van der Waals surface area contributed by atoms with Gasteiger partial charge in [0.05, 0.1) is 6.61 Å². The predicted octanol–water partition coefficient (Wildman–Crippen LogP) is 0.513. The Morgan fingerprint density at radius 2 is 1.89 bits per heavy atom. The molecule has 1 aromatic rings. The summed E-state index contributed by atoms with van der Waals surface area (Å²) in [6.45, 7) is 1.45. The lowest BCUT2D eigenvalue weighted by molar-refractivity contribution is -0.205. The molecule has 1 rings (SSSR count).